The van der Waals surface area contributed by atoms with Gasteiger partial charge in [0.05, 0.1) is 5.54 Å². The molecule has 20 heavy (non-hydrogen) atoms. The van der Waals surface area contributed by atoms with E-state index >= 15 is 0 Å². The Morgan fingerprint density at radius 1 is 1.40 bits per heavy atom. The molecule has 2 fully saturated rings. The molecule has 1 unspecified atom stereocenters. The Kier molecular flexibility index (Phi) is 4.42. The van der Waals surface area contributed by atoms with Crippen LogP contribution in [0.15, 0.2) is 0 Å². The molecule has 1 saturated carbocycles. The van der Waals surface area contributed by atoms with Crippen molar-refractivity contribution in [2.45, 2.75) is 57.2 Å². The average molecular weight is 282 g/mol. The Morgan fingerprint density at radius 3 is 2.55 bits per heavy atom. The lowest BCUT2D eigenvalue weighted by Gasteiger charge is -2.46. The quantitative estimate of drug-likeness (QED) is 0.740. The lowest BCUT2D eigenvalue weighted by molar-refractivity contribution is -0.124. The summed E-state index contributed by atoms with van der Waals surface area (Å²) >= 11 is 0. The van der Waals surface area contributed by atoms with Crippen molar-refractivity contribution in [3.8, 4) is 0 Å². The van der Waals surface area contributed by atoms with Crippen LogP contribution >= 0.6 is 0 Å². The van der Waals surface area contributed by atoms with Crippen LogP contribution in [0.5, 0.6) is 0 Å². The Labute approximate surface area is 122 Å². The second kappa shape index (κ2) is 5.62. The number of hydrogen-bond donors (Lipinski definition) is 2. The van der Waals surface area contributed by atoms with Gasteiger partial charge in [-0.15, -0.1) is 0 Å². The number of hydrogen-bond acceptors (Lipinski definition) is 4. The molecule has 1 amide bonds. The van der Waals surface area contributed by atoms with E-state index < -0.39 is 5.54 Å². The van der Waals surface area contributed by atoms with Gasteiger partial charge in [-0.25, -0.2) is 0 Å². The molecule has 0 aromatic rings. The maximum atomic E-state index is 11.8. The SMILES string of the molecule is CN1CCN(CCC(C)(NC2CC2)C(N)=O)CC1(C)C. The van der Waals surface area contributed by atoms with Crippen molar-refractivity contribution >= 4 is 5.91 Å². The monoisotopic (exact) mass is 282 g/mol. The summed E-state index contributed by atoms with van der Waals surface area (Å²) in [6.45, 7) is 10.6. The number of rotatable bonds is 6. The van der Waals surface area contributed by atoms with Gasteiger partial charge in [-0.1, -0.05) is 0 Å². The molecule has 2 aliphatic rings. The lowest BCUT2D eigenvalue weighted by atomic mass is 9.94. The summed E-state index contributed by atoms with van der Waals surface area (Å²) < 4.78 is 0. The minimum absolute atomic E-state index is 0.200. The lowest BCUT2D eigenvalue weighted by Crippen LogP contribution is -2.60. The van der Waals surface area contributed by atoms with Gasteiger partial charge in [0.2, 0.25) is 5.91 Å². The minimum Gasteiger partial charge on any atom is -0.368 e. The molecule has 0 bridgehead atoms. The Bertz CT molecular complexity index is 367. The topological polar surface area (TPSA) is 61.6 Å². The molecular formula is C15H30N4O. The van der Waals surface area contributed by atoms with Gasteiger partial charge in [-0.05, 0) is 47.1 Å². The summed E-state index contributed by atoms with van der Waals surface area (Å²) in [6, 6.07) is 0.497. The van der Waals surface area contributed by atoms with E-state index in [9.17, 15) is 4.79 Å². The first-order chi connectivity index (χ1) is 9.23. The number of nitrogens with two attached hydrogens (primary N) is 1. The number of nitrogens with zero attached hydrogens (tertiary/aromatic N) is 2. The molecule has 5 heteroatoms. The predicted molar refractivity (Wildman–Crippen MR) is 81.5 cm³/mol. The highest BCUT2D eigenvalue weighted by atomic mass is 16.1. The van der Waals surface area contributed by atoms with Crippen LogP contribution in [0.4, 0.5) is 0 Å². The zero-order valence-electron chi connectivity index (χ0n) is 13.4. The second-order valence-corrected chi connectivity index (χ2v) is 7.38. The third-order valence-electron chi connectivity index (χ3n) is 4.97. The highest BCUT2D eigenvalue weighted by Crippen LogP contribution is 2.25. The molecule has 116 valence electrons. The third-order valence-corrected chi connectivity index (χ3v) is 4.97. The maximum Gasteiger partial charge on any atom is 0.237 e. The fourth-order valence-electron chi connectivity index (χ4n) is 2.86. The van der Waals surface area contributed by atoms with Crippen molar-refractivity contribution in [1.82, 2.24) is 15.1 Å². The zero-order valence-corrected chi connectivity index (χ0v) is 13.4. The molecule has 1 aliphatic heterocycles. The van der Waals surface area contributed by atoms with Crippen LogP contribution in [0.2, 0.25) is 0 Å². The summed E-state index contributed by atoms with van der Waals surface area (Å²) in [5.41, 5.74) is 5.25. The number of primary amides is 1. The first-order valence-corrected chi connectivity index (χ1v) is 7.74. The smallest absolute Gasteiger partial charge is 0.237 e. The van der Waals surface area contributed by atoms with E-state index in [1.807, 2.05) is 6.92 Å². The fourth-order valence-corrected chi connectivity index (χ4v) is 2.86. The van der Waals surface area contributed by atoms with Crippen molar-refractivity contribution in [2.24, 2.45) is 5.73 Å². The van der Waals surface area contributed by atoms with Gasteiger partial charge in [0.25, 0.3) is 0 Å². The highest BCUT2D eigenvalue weighted by Gasteiger charge is 2.38. The number of amides is 1. The Hall–Kier alpha value is -0.650. The van der Waals surface area contributed by atoms with E-state index in [0.29, 0.717) is 6.04 Å². The summed E-state index contributed by atoms with van der Waals surface area (Å²) in [5, 5.41) is 3.42. The van der Waals surface area contributed by atoms with E-state index in [0.717, 1.165) is 32.6 Å². The van der Waals surface area contributed by atoms with Gasteiger partial charge in [0.15, 0.2) is 0 Å². The molecule has 0 aromatic carbocycles. The molecule has 1 saturated heterocycles. The highest BCUT2D eigenvalue weighted by molar-refractivity contribution is 5.84. The van der Waals surface area contributed by atoms with Crippen LogP contribution in [-0.4, -0.2) is 66.1 Å². The van der Waals surface area contributed by atoms with Crippen molar-refractivity contribution in [3.63, 3.8) is 0 Å². The van der Waals surface area contributed by atoms with E-state index in [1.54, 1.807) is 0 Å². The summed E-state index contributed by atoms with van der Waals surface area (Å²) in [6.07, 6.45) is 3.13. The van der Waals surface area contributed by atoms with Crippen molar-refractivity contribution < 1.29 is 4.79 Å². The van der Waals surface area contributed by atoms with Gasteiger partial charge in [0.1, 0.15) is 0 Å². The molecule has 0 radical (unpaired) electrons. The standard InChI is InChI=1S/C15H30N4O/c1-14(2)11-19(10-9-18(14)4)8-7-15(3,13(16)20)17-12-5-6-12/h12,17H,5-11H2,1-4H3,(H2,16,20). The first kappa shape index (κ1) is 15.7. The van der Waals surface area contributed by atoms with E-state index in [4.69, 9.17) is 5.73 Å². The summed E-state index contributed by atoms with van der Waals surface area (Å²) in [7, 11) is 2.18. The number of likely N-dealkylation sites (N-methyl/N-ethyl adjacent to an activating group) is 1. The molecule has 0 spiro atoms. The third kappa shape index (κ3) is 3.71. The van der Waals surface area contributed by atoms with Gasteiger partial charge < -0.3 is 16.0 Å². The molecule has 5 nitrogen and oxygen atoms in total. The predicted octanol–water partition coefficient (Wildman–Crippen LogP) is 0.399. The van der Waals surface area contributed by atoms with Gasteiger partial charge >= 0.3 is 0 Å². The second-order valence-electron chi connectivity index (χ2n) is 7.38. The molecule has 0 aromatic heterocycles. The van der Waals surface area contributed by atoms with Gasteiger partial charge in [0, 0.05) is 37.8 Å². The average Bonchev–Trinajstić information content (AvgIpc) is 3.14. The zero-order chi connectivity index (χ0) is 15.0. The van der Waals surface area contributed by atoms with Gasteiger partial charge in [-0.2, -0.15) is 0 Å². The molecule has 1 atom stereocenters. The van der Waals surface area contributed by atoms with Crippen LogP contribution in [0.3, 0.4) is 0 Å². The molecule has 3 N–H and O–H groups in total. The van der Waals surface area contributed by atoms with Crippen molar-refractivity contribution in [2.75, 3.05) is 33.2 Å². The van der Waals surface area contributed by atoms with Crippen LogP contribution < -0.4 is 11.1 Å². The fraction of sp³-hybridized carbons (Fsp3) is 0.933. The normalized spacial score (nSPS) is 27.2. The van der Waals surface area contributed by atoms with Crippen molar-refractivity contribution in [1.29, 1.82) is 0 Å². The number of piperazine rings is 1. The van der Waals surface area contributed by atoms with Crippen LogP contribution in [0.25, 0.3) is 0 Å². The molecule has 1 heterocycles. The summed E-state index contributed by atoms with van der Waals surface area (Å²) in [4.78, 5) is 16.6. The summed E-state index contributed by atoms with van der Waals surface area (Å²) in [5.74, 6) is -0.224. The Balaban J connectivity index is 1.87. The first-order valence-electron chi connectivity index (χ1n) is 7.74. The van der Waals surface area contributed by atoms with Crippen LogP contribution in [0.1, 0.15) is 40.0 Å². The van der Waals surface area contributed by atoms with E-state index in [2.05, 4.69) is 36.0 Å². The largest absolute Gasteiger partial charge is 0.368 e. The van der Waals surface area contributed by atoms with Crippen LogP contribution in [-0.2, 0) is 4.79 Å². The van der Waals surface area contributed by atoms with E-state index in [1.165, 1.54) is 12.8 Å². The Morgan fingerprint density at radius 2 is 2.05 bits per heavy atom. The van der Waals surface area contributed by atoms with Crippen molar-refractivity contribution in [3.05, 3.63) is 0 Å². The molecular weight excluding hydrogens is 252 g/mol. The van der Waals surface area contributed by atoms with Gasteiger partial charge in [-0.3, -0.25) is 9.69 Å². The maximum absolute atomic E-state index is 11.8. The minimum atomic E-state index is -0.561. The number of carbonyl (C=O) groups excluding carboxylic acids is 1. The molecule has 2 rings (SSSR count). The molecule has 1 aliphatic carbocycles. The van der Waals surface area contributed by atoms with Crippen LogP contribution in [0, 0.1) is 0 Å². The number of nitrogens with one attached hydrogen (secondary N) is 1. The van der Waals surface area contributed by atoms with E-state index in [-0.39, 0.29) is 11.4 Å². The number of carbonyl (C=O) groups is 1.